The van der Waals surface area contributed by atoms with Crippen LogP contribution in [0.4, 0.5) is 10.1 Å². The Kier molecular flexibility index (Phi) is 4.55. The van der Waals surface area contributed by atoms with Crippen LogP contribution in [0.15, 0.2) is 18.2 Å². The molecule has 0 aromatic heterocycles. The molecule has 2 rings (SSSR count). The molecule has 0 bridgehead atoms. The first-order valence-electron chi connectivity index (χ1n) is 6.33. The van der Waals surface area contributed by atoms with Gasteiger partial charge in [-0.05, 0) is 12.1 Å². The first kappa shape index (κ1) is 15.4. The third-order valence-electron chi connectivity index (χ3n) is 3.13. The quantitative estimate of drug-likeness (QED) is 0.842. The van der Waals surface area contributed by atoms with Crippen molar-refractivity contribution in [2.75, 3.05) is 23.4 Å². The minimum atomic E-state index is -3.12. The van der Waals surface area contributed by atoms with Gasteiger partial charge in [0.15, 0.2) is 9.84 Å². The molecule has 2 N–H and O–H groups in total. The van der Waals surface area contributed by atoms with Crippen molar-refractivity contribution in [3.63, 3.8) is 0 Å². The fourth-order valence-corrected chi connectivity index (χ4v) is 3.61. The summed E-state index contributed by atoms with van der Waals surface area (Å²) in [5.74, 6) is -1.22. The summed E-state index contributed by atoms with van der Waals surface area (Å²) in [6, 6.07) is 5.15. The summed E-state index contributed by atoms with van der Waals surface area (Å²) in [6.45, 7) is 0.309. The van der Waals surface area contributed by atoms with E-state index in [4.69, 9.17) is 5.26 Å². The Morgan fingerprint density at radius 2 is 2.29 bits per heavy atom. The molecule has 1 fully saturated rings. The van der Waals surface area contributed by atoms with Crippen LogP contribution in [0.5, 0.6) is 0 Å². The second kappa shape index (κ2) is 6.20. The van der Waals surface area contributed by atoms with Gasteiger partial charge in [-0.15, -0.1) is 0 Å². The number of carbonyl (C=O) groups excluding carboxylic acids is 1. The monoisotopic (exact) mass is 311 g/mol. The minimum absolute atomic E-state index is 0.0549. The van der Waals surface area contributed by atoms with Crippen molar-refractivity contribution < 1.29 is 17.6 Å². The highest BCUT2D eigenvalue weighted by Crippen LogP contribution is 2.18. The van der Waals surface area contributed by atoms with Crippen LogP contribution in [-0.4, -0.2) is 38.4 Å². The average Bonchev–Trinajstić information content (AvgIpc) is 2.37. The molecule has 1 saturated heterocycles. The van der Waals surface area contributed by atoms with Crippen molar-refractivity contribution in [1.82, 2.24) is 5.32 Å². The Morgan fingerprint density at radius 1 is 1.52 bits per heavy atom. The number of rotatable bonds is 3. The largest absolute Gasteiger partial charge is 0.325 e. The van der Waals surface area contributed by atoms with E-state index in [1.165, 1.54) is 12.1 Å². The van der Waals surface area contributed by atoms with Gasteiger partial charge in [0.1, 0.15) is 17.4 Å². The van der Waals surface area contributed by atoms with Crippen LogP contribution in [0.2, 0.25) is 0 Å². The van der Waals surface area contributed by atoms with Gasteiger partial charge < -0.3 is 10.6 Å². The normalized spacial score (nSPS) is 20.5. The van der Waals surface area contributed by atoms with Gasteiger partial charge in [0, 0.05) is 19.0 Å². The van der Waals surface area contributed by atoms with Gasteiger partial charge >= 0.3 is 0 Å². The highest BCUT2D eigenvalue weighted by molar-refractivity contribution is 7.91. The van der Waals surface area contributed by atoms with Gasteiger partial charge in [-0.3, -0.25) is 4.79 Å². The summed E-state index contributed by atoms with van der Waals surface area (Å²) in [6.07, 6.45) is -0.0549. The molecule has 0 aliphatic carbocycles. The first-order chi connectivity index (χ1) is 9.91. The molecule has 1 atom stereocenters. The van der Waals surface area contributed by atoms with Crippen LogP contribution < -0.4 is 10.6 Å². The maximum Gasteiger partial charge on any atom is 0.226 e. The Labute approximate surface area is 121 Å². The summed E-state index contributed by atoms with van der Waals surface area (Å²) >= 11 is 0. The molecule has 6 nitrogen and oxygen atoms in total. The first-order valence-corrected chi connectivity index (χ1v) is 8.16. The van der Waals surface area contributed by atoms with E-state index in [-0.39, 0.29) is 29.2 Å². The lowest BCUT2D eigenvalue weighted by atomic mass is 10.1. The van der Waals surface area contributed by atoms with E-state index in [0.29, 0.717) is 6.54 Å². The summed E-state index contributed by atoms with van der Waals surface area (Å²) < 4.78 is 36.4. The molecule has 1 amide bonds. The number of sulfone groups is 1. The number of hydrogen-bond donors (Lipinski definition) is 2. The smallest absolute Gasteiger partial charge is 0.226 e. The molecule has 1 aromatic carbocycles. The van der Waals surface area contributed by atoms with Gasteiger partial charge in [-0.1, -0.05) is 6.07 Å². The predicted octanol–water partition coefficient (Wildman–Crippen LogP) is 0.413. The number of amides is 1. The van der Waals surface area contributed by atoms with Gasteiger partial charge in [0.25, 0.3) is 0 Å². The number of nitrogens with one attached hydrogen (secondary N) is 2. The number of benzene rings is 1. The van der Waals surface area contributed by atoms with E-state index in [9.17, 15) is 17.6 Å². The summed E-state index contributed by atoms with van der Waals surface area (Å²) in [4.78, 5) is 11.9. The Balaban J connectivity index is 2.03. The molecule has 1 aliphatic rings. The Hall–Kier alpha value is -1.98. The molecule has 1 aliphatic heterocycles. The summed E-state index contributed by atoms with van der Waals surface area (Å²) in [5, 5.41) is 14.3. The second-order valence-corrected chi connectivity index (χ2v) is 7.02. The molecule has 1 unspecified atom stereocenters. The minimum Gasteiger partial charge on any atom is -0.325 e. The van der Waals surface area contributed by atoms with Crippen molar-refractivity contribution in [1.29, 1.82) is 5.26 Å². The maximum atomic E-state index is 13.4. The number of nitrogens with zero attached hydrogens (tertiary/aromatic N) is 1. The highest BCUT2D eigenvalue weighted by Gasteiger charge is 2.26. The van der Waals surface area contributed by atoms with Crippen molar-refractivity contribution >= 4 is 21.4 Å². The van der Waals surface area contributed by atoms with Crippen molar-refractivity contribution in [3.05, 3.63) is 29.6 Å². The van der Waals surface area contributed by atoms with E-state index >= 15 is 0 Å². The van der Waals surface area contributed by atoms with Gasteiger partial charge in [0.05, 0.1) is 17.2 Å². The number of carbonyl (C=O) groups is 1. The lowest BCUT2D eigenvalue weighted by molar-refractivity contribution is -0.116. The molecule has 112 valence electrons. The SMILES string of the molecule is N#Cc1c(F)cccc1NC(=O)CC1CS(=O)(=O)CCN1. The van der Waals surface area contributed by atoms with Gasteiger partial charge in [-0.2, -0.15) is 5.26 Å². The third kappa shape index (κ3) is 4.00. The number of nitriles is 1. The van der Waals surface area contributed by atoms with E-state index < -0.39 is 27.6 Å². The van der Waals surface area contributed by atoms with E-state index in [0.717, 1.165) is 6.07 Å². The zero-order chi connectivity index (χ0) is 15.5. The standard InChI is InChI=1S/C13H14FN3O3S/c14-11-2-1-3-12(10(11)7-15)17-13(18)6-9-8-21(19,20)5-4-16-9/h1-3,9,16H,4-6,8H2,(H,17,18). The fourth-order valence-electron chi connectivity index (χ4n) is 2.17. The number of halogens is 1. The van der Waals surface area contributed by atoms with Crippen LogP contribution >= 0.6 is 0 Å². The van der Waals surface area contributed by atoms with E-state index in [1.54, 1.807) is 6.07 Å². The molecule has 0 spiro atoms. The third-order valence-corrected chi connectivity index (χ3v) is 4.87. The summed E-state index contributed by atoms with van der Waals surface area (Å²) in [7, 11) is -3.12. The Bertz CT molecular complexity index is 697. The molecular weight excluding hydrogens is 297 g/mol. The molecule has 1 aromatic rings. The van der Waals surface area contributed by atoms with Crippen molar-refractivity contribution in [2.24, 2.45) is 0 Å². The van der Waals surface area contributed by atoms with Gasteiger partial charge in [0.2, 0.25) is 5.91 Å². The average molecular weight is 311 g/mol. The van der Waals surface area contributed by atoms with Crippen LogP contribution in [0.25, 0.3) is 0 Å². The molecule has 1 heterocycles. The van der Waals surface area contributed by atoms with Crippen LogP contribution in [0, 0.1) is 17.1 Å². The number of hydrogen-bond acceptors (Lipinski definition) is 5. The molecular formula is C13H14FN3O3S. The van der Waals surface area contributed by atoms with Crippen LogP contribution in [0.1, 0.15) is 12.0 Å². The molecule has 21 heavy (non-hydrogen) atoms. The zero-order valence-corrected chi connectivity index (χ0v) is 11.9. The van der Waals surface area contributed by atoms with Gasteiger partial charge in [-0.25, -0.2) is 12.8 Å². The lowest BCUT2D eigenvalue weighted by Crippen LogP contribution is -2.46. The fraction of sp³-hybridized carbons (Fsp3) is 0.385. The second-order valence-electron chi connectivity index (χ2n) is 4.79. The summed E-state index contributed by atoms with van der Waals surface area (Å²) in [5.41, 5.74) is -0.156. The van der Waals surface area contributed by atoms with Crippen molar-refractivity contribution in [3.8, 4) is 6.07 Å². The van der Waals surface area contributed by atoms with Crippen molar-refractivity contribution in [2.45, 2.75) is 12.5 Å². The lowest BCUT2D eigenvalue weighted by Gasteiger charge is -2.23. The molecule has 0 radical (unpaired) electrons. The Morgan fingerprint density at radius 3 is 2.95 bits per heavy atom. The van der Waals surface area contributed by atoms with E-state index in [2.05, 4.69) is 10.6 Å². The van der Waals surface area contributed by atoms with Crippen LogP contribution in [-0.2, 0) is 14.6 Å². The number of anilines is 1. The van der Waals surface area contributed by atoms with Crippen LogP contribution in [0.3, 0.4) is 0 Å². The topological polar surface area (TPSA) is 99.1 Å². The maximum absolute atomic E-state index is 13.4. The molecule has 8 heteroatoms. The highest BCUT2D eigenvalue weighted by atomic mass is 32.2. The van der Waals surface area contributed by atoms with E-state index in [1.807, 2.05) is 0 Å². The zero-order valence-electron chi connectivity index (χ0n) is 11.1. The predicted molar refractivity (Wildman–Crippen MR) is 74.8 cm³/mol. The molecule has 0 saturated carbocycles.